The lowest BCUT2D eigenvalue weighted by molar-refractivity contribution is -0.140. The lowest BCUT2D eigenvalue weighted by Gasteiger charge is -2.20. The molecule has 120 valence electrons. The summed E-state index contributed by atoms with van der Waals surface area (Å²) in [5.41, 5.74) is 0. The number of ether oxygens (including phenoxy) is 1. The Hall–Kier alpha value is -0.660. The topological polar surface area (TPSA) is 75.7 Å². The van der Waals surface area contributed by atoms with Crippen molar-refractivity contribution in [3.63, 3.8) is 0 Å². The van der Waals surface area contributed by atoms with Crippen molar-refractivity contribution in [2.75, 3.05) is 20.7 Å². The molecule has 0 bridgehead atoms. The lowest BCUT2D eigenvalue weighted by atomic mass is 10.1. The first-order valence-electron chi connectivity index (χ1n) is 7.13. The van der Waals surface area contributed by atoms with E-state index < -0.39 is 16.2 Å². The summed E-state index contributed by atoms with van der Waals surface area (Å²) in [6.45, 7) is 4.12. The maximum Gasteiger partial charge on any atom is 0.306 e. The van der Waals surface area contributed by atoms with E-state index >= 15 is 0 Å². The van der Waals surface area contributed by atoms with Gasteiger partial charge in [-0.1, -0.05) is 32.6 Å². The molecule has 0 aliphatic carbocycles. The Labute approximate surface area is 123 Å². The quantitative estimate of drug-likeness (QED) is 0.465. The van der Waals surface area contributed by atoms with Crippen LogP contribution >= 0.6 is 0 Å². The van der Waals surface area contributed by atoms with Gasteiger partial charge in [-0.15, -0.1) is 0 Å². The largest absolute Gasteiger partial charge is 0.469 e. The number of hydrogen-bond donors (Lipinski definition) is 1. The molecule has 0 saturated heterocycles. The predicted molar refractivity (Wildman–Crippen MR) is 79.5 cm³/mol. The number of nitrogens with one attached hydrogen (secondary N) is 1. The summed E-state index contributed by atoms with van der Waals surface area (Å²) in [5, 5.41) is 0. The van der Waals surface area contributed by atoms with Crippen molar-refractivity contribution in [3.05, 3.63) is 0 Å². The van der Waals surface area contributed by atoms with Crippen LogP contribution in [0, 0.1) is 0 Å². The van der Waals surface area contributed by atoms with Crippen molar-refractivity contribution in [1.82, 2.24) is 9.03 Å². The van der Waals surface area contributed by atoms with Crippen molar-refractivity contribution in [1.29, 1.82) is 0 Å². The molecule has 0 aliphatic rings. The summed E-state index contributed by atoms with van der Waals surface area (Å²) in [6.07, 6.45) is 5.36. The number of carbonyl (C=O) groups is 1. The maximum atomic E-state index is 12.0. The van der Waals surface area contributed by atoms with Crippen LogP contribution in [0.4, 0.5) is 0 Å². The fraction of sp³-hybridized carbons (Fsp3) is 0.923. The zero-order valence-corrected chi connectivity index (χ0v) is 13.8. The zero-order valence-electron chi connectivity index (χ0n) is 13.0. The van der Waals surface area contributed by atoms with Gasteiger partial charge in [0, 0.05) is 19.6 Å². The van der Waals surface area contributed by atoms with E-state index in [9.17, 15) is 13.2 Å². The Morgan fingerprint density at radius 2 is 1.95 bits per heavy atom. The molecule has 7 heteroatoms. The van der Waals surface area contributed by atoms with Crippen LogP contribution in [0.5, 0.6) is 0 Å². The first-order valence-corrected chi connectivity index (χ1v) is 8.57. The Kier molecular flexibility index (Phi) is 9.79. The van der Waals surface area contributed by atoms with Crippen molar-refractivity contribution < 1.29 is 17.9 Å². The monoisotopic (exact) mass is 308 g/mol. The van der Waals surface area contributed by atoms with Crippen LogP contribution in [-0.4, -0.2) is 45.4 Å². The van der Waals surface area contributed by atoms with E-state index in [0.717, 1.165) is 30.0 Å². The van der Waals surface area contributed by atoms with Gasteiger partial charge in [0.15, 0.2) is 0 Å². The van der Waals surface area contributed by atoms with E-state index in [0.29, 0.717) is 0 Å². The highest BCUT2D eigenvalue weighted by atomic mass is 32.2. The maximum absolute atomic E-state index is 12.0. The first-order chi connectivity index (χ1) is 9.33. The Morgan fingerprint density at radius 3 is 2.50 bits per heavy atom. The standard InChI is InChI=1S/C13H28N2O4S/c1-5-6-7-8-9-12(2)14-20(17,18)15(3)11-10-13(16)19-4/h12,14H,5-11H2,1-4H3. The highest BCUT2D eigenvalue weighted by Gasteiger charge is 2.20. The van der Waals surface area contributed by atoms with Crippen molar-refractivity contribution in [3.8, 4) is 0 Å². The van der Waals surface area contributed by atoms with Gasteiger partial charge in [0.05, 0.1) is 13.5 Å². The molecule has 0 spiro atoms. The zero-order chi connectivity index (χ0) is 15.6. The van der Waals surface area contributed by atoms with Crippen LogP contribution in [0.1, 0.15) is 52.4 Å². The molecule has 1 unspecified atom stereocenters. The third kappa shape index (κ3) is 8.50. The van der Waals surface area contributed by atoms with Gasteiger partial charge in [-0.2, -0.15) is 17.4 Å². The van der Waals surface area contributed by atoms with Crippen LogP contribution in [-0.2, 0) is 19.7 Å². The average molecular weight is 308 g/mol. The average Bonchev–Trinajstić information content (AvgIpc) is 2.39. The van der Waals surface area contributed by atoms with E-state index in [4.69, 9.17) is 0 Å². The molecule has 20 heavy (non-hydrogen) atoms. The second kappa shape index (κ2) is 10.1. The van der Waals surface area contributed by atoms with E-state index in [-0.39, 0.29) is 19.0 Å². The molecule has 1 N–H and O–H groups in total. The third-order valence-electron chi connectivity index (χ3n) is 3.11. The van der Waals surface area contributed by atoms with Crippen LogP contribution in [0.3, 0.4) is 0 Å². The minimum atomic E-state index is -3.53. The highest BCUT2D eigenvalue weighted by Crippen LogP contribution is 2.07. The molecule has 1 atom stereocenters. The van der Waals surface area contributed by atoms with Crippen LogP contribution in [0.25, 0.3) is 0 Å². The summed E-state index contributed by atoms with van der Waals surface area (Å²) >= 11 is 0. The van der Waals surface area contributed by atoms with E-state index in [1.807, 2.05) is 6.92 Å². The van der Waals surface area contributed by atoms with Crippen molar-refractivity contribution >= 4 is 16.2 Å². The molecule has 0 aromatic rings. The Bertz CT molecular complexity index is 371. The van der Waals surface area contributed by atoms with E-state index in [1.165, 1.54) is 20.6 Å². The summed E-state index contributed by atoms with van der Waals surface area (Å²) < 4.78 is 32.2. The number of methoxy groups -OCH3 is 1. The molecule has 6 nitrogen and oxygen atoms in total. The predicted octanol–water partition coefficient (Wildman–Crippen LogP) is 1.67. The van der Waals surface area contributed by atoms with E-state index in [1.54, 1.807) is 0 Å². The number of esters is 1. The summed E-state index contributed by atoms with van der Waals surface area (Å²) in [4.78, 5) is 11.0. The smallest absolute Gasteiger partial charge is 0.306 e. The van der Waals surface area contributed by atoms with Crippen LogP contribution < -0.4 is 4.72 Å². The Balaban J connectivity index is 4.11. The van der Waals surface area contributed by atoms with Crippen LogP contribution in [0.15, 0.2) is 0 Å². The van der Waals surface area contributed by atoms with Crippen molar-refractivity contribution in [2.24, 2.45) is 0 Å². The fourth-order valence-electron chi connectivity index (χ4n) is 1.75. The summed E-state index contributed by atoms with van der Waals surface area (Å²) in [7, 11) is -0.792. The van der Waals surface area contributed by atoms with Gasteiger partial charge >= 0.3 is 5.97 Å². The second-order valence-electron chi connectivity index (χ2n) is 5.02. The number of hydrogen-bond acceptors (Lipinski definition) is 4. The number of nitrogens with zero attached hydrogens (tertiary/aromatic N) is 1. The molecular formula is C13H28N2O4S. The van der Waals surface area contributed by atoms with E-state index in [2.05, 4.69) is 16.4 Å². The molecular weight excluding hydrogens is 280 g/mol. The summed E-state index contributed by atoms with van der Waals surface area (Å²) in [5.74, 6) is -0.417. The molecule has 0 rings (SSSR count). The van der Waals surface area contributed by atoms with Gasteiger partial charge in [-0.25, -0.2) is 0 Å². The van der Waals surface area contributed by atoms with Gasteiger partial charge in [0.25, 0.3) is 10.2 Å². The molecule has 0 aromatic heterocycles. The highest BCUT2D eigenvalue weighted by molar-refractivity contribution is 7.87. The molecule has 0 amide bonds. The van der Waals surface area contributed by atoms with Crippen molar-refractivity contribution in [2.45, 2.75) is 58.4 Å². The fourth-order valence-corrected chi connectivity index (χ4v) is 2.89. The summed E-state index contributed by atoms with van der Waals surface area (Å²) in [6, 6.07) is -0.0996. The molecule has 0 aromatic carbocycles. The van der Waals surface area contributed by atoms with Gasteiger partial charge < -0.3 is 4.74 Å². The van der Waals surface area contributed by atoms with Gasteiger partial charge in [-0.05, 0) is 13.3 Å². The van der Waals surface area contributed by atoms with Gasteiger partial charge in [-0.3, -0.25) is 4.79 Å². The molecule has 0 saturated carbocycles. The lowest BCUT2D eigenvalue weighted by Crippen LogP contribution is -2.43. The van der Waals surface area contributed by atoms with Gasteiger partial charge in [0.1, 0.15) is 0 Å². The SMILES string of the molecule is CCCCCCC(C)NS(=O)(=O)N(C)CCC(=O)OC. The first kappa shape index (κ1) is 19.3. The van der Waals surface area contributed by atoms with Crippen LogP contribution in [0.2, 0.25) is 0 Å². The minimum absolute atomic E-state index is 0.0544. The van der Waals surface area contributed by atoms with Gasteiger partial charge in [0.2, 0.25) is 0 Å². The third-order valence-corrected chi connectivity index (χ3v) is 4.81. The molecule has 0 aliphatic heterocycles. The minimum Gasteiger partial charge on any atom is -0.469 e. The number of unbranched alkanes of at least 4 members (excludes halogenated alkanes) is 3. The second-order valence-corrected chi connectivity index (χ2v) is 6.83. The molecule has 0 heterocycles. The Morgan fingerprint density at radius 1 is 1.30 bits per heavy atom. The number of carbonyl (C=O) groups excluding carboxylic acids is 1. The normalized spacial score (nSPS) is 13.4. The molecule has 0 radical (unpaired) electrons. The molecule has 0 fully saturated rings. The number of rotatable bonds is 11.